The van der Waals surface area contributed by atoms with Crippen LogP contribution in [-0.2, 0) is 9.47 Å². The van der Waals surface area contributed by atoms with Gasteiger partial charge in [-0.2, -0.15) is 0 Å². The molecule has 1 aromatic rings. The Bertz CT molecular complexity index is 369. The van der Waals surface area contributed by atoms with Crippen molar-refractivity contribution in [2.75, 3.05) is 46.6 Å². The highest BCUT2D eigenvalue weighted by Crippen LogP contribution is 2.19. The zero-order chi connectivity index (χ0) is 15.3. The molecule has 4 nitrogen and oxygen atoms in total. The Hall–Kier alpha value is -1.10. The zero-order valence-electron chi connectivity index (χ0n) is 13.6. The third-order valence-electron chi connectivity index (χ3n) is 3.15. The summed E-state index contributed by atoms with van der Waals surface area (Å²) < 4.78 is 16.2. The maximum atomic E-state index is 5.69. The molecule has 0 fully saturated rings. The summed E-state index contributed by atoms with van der Waals surface area (Å²) >= 11 is 0. The van der Waals surface area contributed by atoms with Crippen molar-refractivity contribution in [2.45, 2.75) is 26.2 Å². The molecule has 0 saturated carbocycles. The number of nitrogens with one attached hydrogen (secondary N) is 1. The van der Waals surface area contributed by atoms with E-state index in [9.17, 15) is 0 Å². The smallest absolute Gasteiger partial charge is 0.119 e. The fraction of sp³-hybridized carbons (Fsp3) is 0.647. The van der Waals surface area contributed by atoms with Crippen molar-refractivity contribution in [3.8, 4) is 5.75 Å². The lowest BCUT2D eigenvalue weighted by atomic mass is 10.0. The van der Waals surface area contributed by atoms with Gasteiger partial charge < -0.3 is 19.5 Å². The van der Waals surface area contributed by atoms with Crippen LogP contribution in [0.5, 0.6) is 5.75 Å². The second-order valence-corrected chi connectivity index (χ2v) is 5.28. The van der Waals surface area contributed by atoms with Gasteiger partial charge in [0, 0.05) is 20.3 Å². The van der Waals surface area contributed by atoms with Crippen LogP contribution >= 0.6 is 0 Å². The molecule has 0 spiro atoms. The fourth-order valence-corrected chi connectivity index (χ4v) is 1.89. The minimum absolute atomic E-state index is 0.522. The first-order valence-electron chi connectivity index (χ1n) is 7.74. The normalized spacial score (nSPS) is 11.0. The Morgan fingerprint density at radius 3 is 2.67 bits per heavy atom. The molecule has 0 aliphatic heterocycles. The van der Waals surface area contributed by atoms with E-state index in [1.54, 1.807) is 7.11 Å². The van der Waals surface area contributed by atoms with Gasteiger partial charge in [0.05, 0.1) is 13.2 Å². The van der Waals surface area contributed by atoms with Crippen molar-refractivity contribution < 1.29 is 14.2 Å². The minimum Gasteiger partial charge on any atom is -0.491 e. The first kappa shape index (κ1) is 18.0. The van der Waals surface area contributed by atoms with Crippen molar-refractivity contribution in [1.29, 1.82) is 0 Å². The molecule has 0 amide bonds. The highest BCUT2D eigenvalue weighted by atomic mass is 16.5. The molecule has 1 rings (SSSR count). The lowest BCUT2D eigenvalue weighted by molar-refractivity contribution is 0.101. The van der Waals surface area contributed by atoms with E-state index in [2.05, 4.69) is 31.3 Å². The number of hydrogen-bond acceptors (Lipinski definition) is 4. The van der Waals surface area contributed by atoms with Gasteiger partial charge in [-0.15, -0.1) is 0 Å². The summed E-state index contributed by atoms with van der Waals surface area (Å²) in [6, 6.07) is 8.25. The third kappa shape index (κ3) is 8.71. The quantitative estimate of drug-likeness (QED) is 0.602. The van der Waals surface area contributed by atoms with Gasteiger partial charge in [-0.3, -0.25) is 0 Å². The van der Waals surface area contributed by atoms with Gasteiger partial charge in [0.25, 0.3) is 0 Å². The molecule has 4 heteroatoms. The van der Waals surface area contributed by atoms with Gasteiger partial charge in [0.2, 0.25) is 0 Å². The first-order chi connectivity index (χ1) is 10.2. The molecule has 21 heavy (non-hydrogen) atoms. The Labute approximate surface area is 128 Å². The number of methoxy groups -OCH3 is 1. The van der Waals surface area contributed by atoms with Gasteiger partial charge in [-0.25, -0.2) is 0 Å². The molecule has 0 saturated heterocycles. The van der Waals surface area contributed by atoms with Crippen molar-refractivity contribution in [3.05, 3.63) is 29.8 Å². The van der Waals surface area contributed by atoms with E-state index in [-0.39, 0.29) is 0 Å². The van der Waals surface area contributed by atoms with Crippen LogP contribution in [0.15, 0.2) is 24.3 Å². The lowest BCUT2D eigenvalue weighted by Crippen LogP contribution is -2.22. The Morgan fingerprint density at radius 1 is 1.05 bits per heavy atom. The molecular formula is C17H29NO3. The van der Waals surface area contributed by atoms with Crippen LogP contribution in [0, 0.1) is 0 Å². The van der Waals surface area contributed by atoms with Gasteiger partial charge in [0.15, 0.2) is 0 Å². The van der Waals surface area contributed by atoms with E-state index < -0.39 is 0 Å². The molecular weight excluding hydrogens is 266 g/mol. The van der Waals surface area contributed by atoms with E-state index in [4.69, 9.17) is 14.2 Å². The lowest BCUT2D eigenvalue weighted by Gasteiger charge is -2.10. The highest BCUT2D eigenvalue weighted by molar-refractivity contribution is 5.30. The highest BCUT2D eigenvalue weighted by Gasteiger charge is 2.00. The summed E-state index contributed by atoms with van der Waals surface area (Å²) in [4.78, 5) is 0. The summed E-state index contributed by atoms with van der Waals surface area (Å²) in [5.41, 5.74) is 1.30. The molecule has 0 radical (unpaired) electrons. The molecule has 1 N–H and O–H groups in total. The van der Waals surface area contributed by atoms with Crippen LogP contribution < -0.4 is 10.1 Å². The summed E-state index contributed by atoms with van der Waals surface area (Å²) in [6.45, 7) is 8.92. The van der Waals surface area contributed by atoms with Crippen LogP contribution in [0.1, 0.15) is 31.7 Å². The molecule has 120 valence electrons. The van der Waals surface area contributed by atoms with Crippen molar-refractivity contribution >= 4 is 0 Å². The number of hydrogen-bond donors (Lipinski definition) is 1. The van der Waals surface area contributed by atoms with E-state index in [0.29, 0.717) is 25.7 Å². The molecule has 0 atom stereocenters. The summed E-state index contributed by atoms with van der Waals surface area (Å²) in [5.74, 6) is 1.44. The Balaban J connectivity index is 2.00. The maximum Gasteiger partial charge on any atom is 0.119 e. The van der Waals surface area contributed by atoms with Crippen LogP contribution in [0.4, 0.5) is 0 Å². The zero-order valence-corrected chi connectivity index (χ0v) is 13.6. The number of rotatable bonds is 12. The second-order valence-electron chi connectivity index (χ2n) is 5.28. The largest absolute Gasteiger partial charge is 0.491 e. The van der Waals surface area contributed by atoms with Crippen LogP contribution in [0.3, 0.4) is 0 Å². The molecule has 1 aromatic carbocycles. The van der Waals surface area contributed by atoms with E-state index in [1.165, 1.54) is 5.56 Å². The summed E-state index contributed by atoms with van der Waals surface area (Å²) in [6.07, 6.45) is 1.03. The van der Waals surface area contributed by atoms with Gasteiger partial charge in [-0.05, 0) is 36.6 Å². The molecule has 0 aromatic heterocycles. The van der Waals surface area contributed by atoms with Crippen molar-refractivity contribution in [1.82, 2.24) is 5.32 Å². The van der Waals surface area contributed by atoms with E-state index >= 15 is 0 Å². The Morgan fingerprint density at radius 2 is 1.90 bits per heavy atom. The minimum atomic E-state index is 0.522. The fourth-order valence-electron chi connectivity index (χ4n) is 1.89. The standard InChI is InChI=1S/C17H29NO3/c1-15(2)16-6-4-7-17(14-16)21-13-12-20-11-9-18-8-5-10-19-3/h4,6-7,14-15,18H,5,8-13H2,1-3H3. The molecule has 0 bridgehead atoms. The van der Waals surface area contributed by atoms with Gasteiger partial charge >= 0.3 is 0 Å². The van der Waals surface area contributed by atoms with E-state index in [0.717, 1.165) is 31.9 Å². The van der Waals surface area contributed by atoms with Crippen molar-refractivity contribution in [2.24, 2.45) is 0 Å². The average Bonchev–Trinajstić information content (AvgIpc) is 2.49. The molecule has 0 unspecified atom stereocenters. The number of benzene rings is 1. The average molecular weight is 295 g/mol. The van der Waals surface area contributed by atoms with Gasteiger partial charge in [0.1, 0.15) is 12.4 Å². The van der Waals surface area contributed by atoms with Crippen molar-refractivity contribution in [3.63, 3.8) is 0 Å². The van der Waals surface area contributed by atoms with Crippen LogP contribution in [0.2, 0.25) is 0 Å². The molecule has 0 heterocycles. The number of ether oxygens (including phenoxy) is 3. The topological polar surface area (TPSA) is 39.7 Å². The predicted octanol–water partition coefficient (Wildman–Crippen LogP) is 2.83. The summed E-state index contributed by atoms with van der Waals surface area (Å²) in [5, 5.41) is 3.30. The summed E-state index contributed by atoms with van der Waals surface area (Å²) in [7, 11) is 1.72. The Kier molecular flexibility index (Phi) is 9.87. The second kappa shape index (κ2) is 11.5. The predicted molar refractivity (Wildman–Crippen MR) is 86.2 cm³/mol. The first-order valence-corrected chi connectivity index (χ1v) is 7.74. The van der Waals surface area contributed by atoms with Gasteiger partial charge in [-0.1, -0.05) is 26.0 Å². The monoisotopic (exact) mass is 295 g/mol. The van der Waals surface area contributed by atoms with Crippen LogP contribution in [0.25, 0.3) is 0 Å². The SMILES string of the molecule is COCCCNCCOCCOc1cccc(C(C)C)c1. The maximum absolute atomic E-state index is 5.69. The molecule has 0 aliphatic rings. The third-order valence-corrected chi connectivity index (χ3v) is 3.15. The van der Waals surface area contributed by atoms with E-state index in [1.807, 2.05) is 12.1 Å². The molecule has 0 aliphatic carbocycles. The van der Waals surface area contributed by atoms with Crippen LogP contribution in [-0.4, -0.2) is 46.6 Å².